The second kappa shape index (κ2) is 10.4. The molecule has 2 amide bonds. The summed E-state index contributed by atoms with van der Waals surface area (Å²) in [6.07, 6.45) is 11.2. The van der Waals surface area contributed by atoms with Crippen LogP contribution in [0.2, 0.25) is 0 Å². The van der Waals surface area contributed by atoms with Gasteiger partial charge in [-0.15, -0.1) is 0 Å². The second-order valence-corrected chi connectivity index (χ2v) is 10.5. The molecule has 0 unspecified atom stereocenters. The van der Waals surface area contributed by atoms with Gasteiger partial charge in [0.05, 0.1) is 19.1 Å². The molecule has 35 heavy (non-hydrogen) atoms. The first-order chi connectivity index (χ1) is 17.1. The predicted octanol–water partition coefficient (Wildman–Crippen LogP) is 6.10. The number of hydrogen-bond donors (Lipinski definition) is 0. The molecule has 5 rings (SSSR count). The highest BCUT2D eigenvalue weighted by Gasteiger charge is 2.48. The lowest BCUT2D eigenvalue weighted by Gasteiger charge is -2.48. The third-order valence-electron chi connectivity index (χ3n) is 8.54. The largest absolute Gasteiger partial charge is 0.497 e. The molecule has 1 heterocycles. The molecular weight excluding hydrogens is 436 g/mol. The van der Waals surface area contributed by atoms with Crippen molar-refractivity contribution in [2.24, 2.45) is 0 Å². The number of carbonyl (C=O) groups excluding carboxylic acids is 2. The number of fused-ring (bicyclic) bond motifs is 1. The zero-order chi connectivity index (χ0) is 24.4. The molecule has 2 aromatic rings. The van der Waals surface area contributed by atoms with Gasteiger partial charge in [-0.2, -0.15) is 0 Å². The number of amides is 2. The summed E-state index contributed by atoms with van der Waals surface area (Å²) in [5.74, 6) is 0.574. The molecule has 0 N–H and O–H groups in total. The maximum atomic E-state index is 14.4. The molecule has 2 atom stereocenters. The minimum absolute atomic E-state index is 0.0673. The van der Waals surface area contributed by atoms with Crippen LogP contribution in [-0.4, -0.2) is 47.9 Å². The number of rotatable bonds is 5. The first-order valence-corrected chi connectivity index (χ1v) is 13.4. The van der Waals surface area contributed by atoms with E-state index in [0.29, 0.717) is 5.56 Å². The van der Waals surface area contributed by atoms with Crippen molar-refractivity contribution in [1.29, 1.82) is 0 Å². The number of hydrogen-bond acceptors (Lipinski definition) is 3. The Balaban J connectivity index is 1.62. The van der Waals surface area contributed by atoms with E-state index in [1.165, 1.54) is 25.7 Å². The van der Waals surface area contributed by atoms with Crippen molar-refractivity contribution >= 4 is 11.8 Å². The molecule has 5 heteroatoms. The molecule has 2 fully saturated rings. The van der Waals surface area contributed by atoms with Crippen LogP contribution in [0.5, 0.6) is 5.75 Å². The van der Waals surface area contributed by atoms with E-state index in [-0.39, 0.29) is 29.9 Å². The number of methoxy groups -OCH3 is 1. The quantitative estimate of drug-likeness (QED) is 0.526. The number of carbonyl (C=O) groups is 2. The lowest BCUT2D eigenvalue weighted by atomic mass is 9.76. The van der Waals surface area contributed by atoms with Crippen molar-refractivity contribution in [3.63, 3.8) is 0 Å². The fourth-order valence-electron chi connectivity index (χ4n) is 6.60. The van der Waals surface area contributed by atoms with Crippen molar-refractivity contribution in [1.82, 2.24) is 9.80 Å². The molecule has 2 aliphatic carbocycles. The summed E-state index contributed by atoms with van der Waals surface area (Å²) in [5, 5.41) is 0. The highest BCUT2D eigenvalue weighted by molar-refractivity contribution is 6.01. The van der Waals surface area contributed by atoms with Gasteiger partial charge >= 0.3 is 0 Å². The molecule has 0 aromatic heterocycles. The average molecular weight is 475 g/mol. The molecule has 186 valence electrons. The maximum absolute atomic E-state index is 14.4. The fraction of sp³-hybridized carbons (Fsp3) is 0.533. The van der Waals surface area contributed by atoms with E-state index in [9.17, 15) is 9.59 Å². The van der Waals surface area contributed by atoms with Crippen LogP contribution in [0, 0.1) is 0 Å². The summed E-state index contributed by atoms with van der Waals surface area (Å²) in [5.41, 5.74) is 2.57. The number of likely N-dealkylation sites (N-methyl/N-ethyl adjacent to an activating group) is 1. The van der Waals surface area contributed by atoms with Gasteiger partial charge in [-0.05, 0) is 55.0 Å². The summed E-state index contributed by atoms with van der Waals surface area (Å²) < 4.78 is 5.41. The first kappa shape index (κ1) is 23.9. The van der Waals surface area contributed by atoms with E-state index in [4.69, 9.17) is 4.74 Å². The third-order valence-corrected chi connectivity index (χ3v) is 8.54. The summed E-state index contributed by atoms with van der Waals surface area (Å²) in [7, 11) is 3.64. The molecule has 0 radical (unpaired) electrons. The Kier molecular flexibility index (Phi) is 7.12. The first-order valence-electron chi connectivity index (χ1n) is 13.4. The van der Waals surface area contributed by atoms with Crippen LogP contribution in [-0.2, 0) is 4.79 Å². The lowest BCUT2D eigenvalue weighted by molar-refractivity contribution is -0.136. The monoisotopic (exact) mass is 474 g/mol. The molecule has 5 nitrogen and oxygen atoms in total. The van der Waals surface area contributed by atoms with Crippen LogP contribution in [0.15, 0.2) is 48.5 Å². The van der Waals surface area contributed by atoms with E-state index in [1.807, 2.05) is 60.5 Å². The molecule has 1 aliphatic heterocycles. The molecule has 2 aromatic carbocycles. The van der Waals surface area contributed by atoms with Gasteiger partial charge in [-0.1, -0.05) is 68.9 Å². The van der Waals surface area contributed by atoms with Crippen LogP contribution in [0.1, 0.15) is 97.7 Å². The normalized spacial score (nSPS) is 23.6. The van der Waals surface area contributed by atoms with E-state index >= 15 is 0 Å². The molecular formula is C30H38N2O3. The SMILES string of the molecule is COc1ccc([C@@H]2[C@H](C(=O)N(C)C3CCCCC3)c3ccccc3C(=O)N2C2CCCCC2)cc1. The summed E-state index contributed by atoms with van der Waals surface area (Å²) in [6, 6.07) is 15.9. The predicted molar refractivity (Wildman–Crippen MR) is 138 cm³/mol. The van der Waals surface area contributed by atoms with Gasteiger partial charge < -0.3 is 14.5 Å². The van der Waals surface area contributed by atoms with Crippen molar-refractivity contribution in [3.05, 3.63) is 65.2 Å². The highest BCUT2D eigenvalue weighted by atomic mass is 16.5. The zero-order valence-electron chi connectivity index (χ0n) is 21.1. The van der Waals surface area contributed by atoms with Gasteiger partial charge in [0.1, 0.15) is 5.75 Å². The van der Waals surface area contributed by atoms with E-state index in [0.717, 1.165) is 55.4 Å². The Morgan fingerprint density at radius 1 is 0.886 bits per heavy atom. The smallest absolute Gasteiger partial charge is 0.254 e. The molecule has 2 saturated carbocycles. The minimum Gasteiger partial charge on any atom is -0.497 e. The van der Waals surface area contributed by atoms with Crippen molar-refractivity contribution in [2.45, 2.75) is 88.3 Å². The van der Waals surface area contributed by atoms with Gasteiger partial charge in [-0.25, -0.2) is 0 Å². The maximum Gasteiger partial charge on any atom is 0.254 e. The summed E-state index contributed by atoms with van der Waals surface area (Å²) in [4.78, 5) is 32.5. The van der Waals surface area contributed by atoms with Gasteiger partial charge in [-0.3, -0.25) is 9.59 Å². The number of ether oxygens (including phenoxy) is 1. The average Bonchev–Trinajstić information content (AvgIpc) is 2.93. The van der Waals surface area contributed by atoms with Crippen LogP contribution >= 0.6 is 0 Å². The topological polar surface area (TPSA) is 49.9 Å². The van der Waals surface area contributed by atoms with Gasteiger partial charge in [0.2, 0.25) is 5.91 Å². The Bertz CT molecular complexity index is 1040. The van der Waals surface area contributed by atoms with Crippen molar-refractivity contribution in [3.8, 4) is 5.75 Å². The van der Waals surface area contributed by atoms with Crippen molar-refractivity contribution < 1.29 is 14.3 Å². The lowest BCUT2D eigenvalue weighted by Crippen LogP contribution is -2.53. The van der Waals surface area contributed by atoms with Gasteiger partial charge in [0.15, 0.2) is 0 Å². The highest BCUT2D eigenvalue weighted by Crippen LogP contribution is 2.47. The van der Waals surface area contributed by atoms with Crippen LogP contribution < -0.4 is 4.74 Å². The Hall–Kier alpha value is -2.82. The number of nitrogens with zero attached hydrogens (tertiary/aromatic N) is 2. The van der Waals surface area contributed by atoms with E-state index < -0.39 is 5.92 Å². The van der Waals surface area contributed by atoms with Crippen LogP contribution in [0.3, 0.4) is 0 Å². The van der Waals surface area contributed by atoms with E-state index in [1.54, 1.807) is 7.11 Å². The van der Waals surface area contributed by atoms with Gasteiger partial charge in [0, 0.05) is 24.7 Å². The second-order valence-electron chi connectivity index (χ2n) is 10.5. The third kappa shape index (κ3) is 4.57. The Morgan fingerprint density at radius 2 is 1.51 bits per heavy atom. The standard InChI is InChI=1S/C30H38N2O3/c1-31(22-11-5-3-6-12-22)30(34)27-25-15-9-10-16-26(25)29(33)32(23-13-7-4-8-14-23)28(27)21-17-19-24(35-2)20-18-21/h9-10,15-20,22-23,27-28H,3-8,11-14H2,1-2H3/t27-,28-/m1/s1. The van der Waals surface area contributed by atoms with Gasteiger partial charge in [0.25, 0.3) is 5.91 Å². The van der Waals surface area contributed by atoms with Crippen LogP contribution in [0.4, 0.5) is 0 Å². The van der Waals surface area contributed by atoms with Crippen LogP contribution in [0.25, 0.3) is 0 Å². The fourth-order valence-corrected chi connectivity index (χ4v) is 6.60. The molecule has 0 bridgehead atoms. The number of benzene rings is 2. The minimum atomic E-state index is -0.411. The molecule has 0 saturated heterocycles. The molecule has 3 aliphatic rings. The Morgan fingerprint density at radius 3 is 2.17 bits per heavy atom. The summed E-state index contributed by atoms with van der Waals surface area (Å²) >= 11 is 0. The zero-order valence-corrected chi connectivity index (χ0v) is 21.1. The van der Waals surface area contributed by atoms with Crippen molar-refractivity contribution in [2.75, 3.05) is 14.2 Å². The summed E-state index contributed by atoms with van der Waals surface area (Å²) in [6.45, 7) is 0. The Labute approximate surface area is 209 Å². The molecule has 0 spiro atoms. The van der Waals surface area contributed by atoms with E-state index in [2.05, 4.69) is 4.90 Å².